The van der Waals surface area contributed by atoms with Crippen molar-refractivity contribution in [2.24, 2.45) is 0 Å². The number of aromatic nitrogens is 1. The number of nitrogens with zero attached hydrogens (tertiary/aromatic N) is 2. The van der Waals surface area contributed by atoms with Crippen LogP contribution < -0.4 is 20.7 Å². The Hall–Kier alpha value is -3.12. The Morgan fingerprint density at radius 1 is 1.19 bits per heavy atom. The first-order valence-corrected chi connectivity index (χ1v) is 14.0. The van der Waals surface area contributed by atoms with Gasteiger partial charge in [-0.1, -0.05) is 13.0 Å². The van der Waals surface area contributed by atoms with Crippen molar-refractivity contribution in [2.75, 3.05) is 18.2 Å². The lowest BCUT2D eigenvalue weighted by atomic mass is 9.99. The Morgan fingerprint density at radius 2 is 2.00 bits per heavy atom. The minimum atomic E-state index is 0.104. The Bertz CT molecular complexity index is 1330. The van der Waals surface area contributed by atoms with E-state index in [0.717, 1.165) is 53.0 Å². The maximum absolute atomic E-state index is 11.5. The number of nitriles is 1. The predicted molar refractivity (Wildman–Crippen MR) is 148 cm³/mol. The number of anilines is 1. The van der Waals surface area contributed by atoms with Gasteiger partial charge in [-0.3, -0.25) is 9.78 Å². The number of carbonyl (C=O) groups is 1. The summed E-state index contributed by atoms with van der Waals surface area (Å²) in [5.41, 5.74) is 4.80. The van der Waals surface area contributed by atoms with E-state index in [1.54, 1.807) is 25.1 Å². The van der Waals surface area contributed by atoms with Crippen LogP contribution in [-0.2, 0) is 17.8 Å². The maximum atomic E-state index is 11.5. The van der Waals surface area contributed by atoms with E-state index >= 15 is 0 Å². The van der Waals surface area contributed by atoms with Crippen LogP contribution in [0.25, 0.3) is 10.9 Å². The number of piperidine rings is 1. The molecule has 2 saturated heterocycles. The first-order valence-electron chi connectivity index (χ1n) is 13.0. The molecule has 1 aromatic heterocycles. The highest BCUT2D eigenvalue weighted by atomic mass is 32.2. The topological polar surface area (TPSA) is 99.1 Å². The van der Waals surface area contributed by atoms with Crippen LogP contribution >= 0.6 is 11.8 Å². The summed E-state index contributed by atoms with van der Waals surface area (Å²) in [5, 5.41) is 20.4. The van der Waals surface area contributed by atoms with Crippen LogP contribution in [0.15, 0.2) is 47.5 Å². The number of fused-ring (bicyclic) bond motifs is 4. The first-order chi connectivity index (χ1) is 18.1. The van der Waals surface area contributed by atoms with Crippen molar-refractivity contribution in [1.29, 1.82) is 5.26 Å². The van der Waals surface area contributed by atoms with E-state index in [1.165, 1.54) is 36.1 Å². The smallest absolute Gasteiger partial charge is 0.234 e. The second-order valence-corrected chi connectivity index (χ2v) is 10.9. The Balaban J connectivity index is 0.000000158. The number of carbonyl (C=O) groups excluding carboxylic acids is 1. The average Bonchev–Trinajstić information content (AvgIpc) is 3.28. The van der Waals surface area contributed by atoms with Gasteiger partial charge in [0.15, 0.2) is 0 Å². The monoisotopic (exact) mass is 515 g/mol. The number of ether oxygens (including phenoxy) is 1. The normalized spacial score (nSPS) is 21.9. The van der Waals surface area contributed by atoms with Crippen molar-refractivity contribution in [2.45, 2.75) is 68.6 Å². The van der Waals surface area contributed by atoms with Crippen LogP contribution in [0, 0.1) is 11.3 Å². The van der Waals surface area contributed by atoms with Gasteiger partial charge in [0.1, 0.15) is 11.8 Å². The summed E-state index contributed by atoms with van der Waals surface area (Å²) >= 11 is 1.62. The highest BCUT2D eigenvalue weighted by molar-refractivity contribution is 8.00. The molecule has 2 unspecified atom stereocenters. The summed E-state index contributed by atoms with van der Waals surface area (Å²) in [6, 6.07) is 16.4. The van der Waals surface area contributed by atoms with Gasteiger partial charge in [-0.05, 0) is 73.6 Å². The van der Waals surface area contributed by atoms with Crippen molar-refractivity contribution in [3.8, 4) is 11.8 Å². The summed E-state index contributed by atoms with van der Waals surface area (Å²) in [6.07, 6.45) is 7.61. The lowest BCUT2D eigenvalue weighted by molar-refractivity contribution is -0.113. The van der Waals surface area contributed by atoms with Gasteiger partial charge in [0.25, 0.3) is 0 Å². The summed E-state index contributed by atoms with van der Waals surface area (Å²) in [5.74, 6) is 1.43. The fraction of sp³-hybridized carbons (Fsp3) is 0.414. The van der Waals surface area contributed by atoms with Gasteiger partial charge in [-0.25, -0.2) is 0 Å². The Morgan fingerprint density at radius 3 is 2.73 bits per heavy atom. The minimum Gasteiger partial charge on any atom is -0.497 e. The third-order valence-electron chi connectivity index (χ3n) is 7.41. The Kier molecular flexibility index (Phi) is 7.94. The molecule has 3 aliphatic rings. The van der Waals surface area contributed by atoms with Crippen LogP contribution in [0.5, 0.6) is 5.75 Å². The lowest BCUT2D eigenvalue weighted by Crippen LogP contribution is -2.46. The number of thioether (sulfide) groups is 1. The van der Waals surface area contributed by atoms with E-state index in [9.17, 15) is 4.79 Å². The highest BCUT2D eigenvalue weighted by Gasteiger charge is 2.33. The standard InChI is InChI=1S/C16H21N3OS.C13H12N2O/c20-16-9-21-15-4-1-10(5-14(15)19-16)8-17-13-6-11-2-3-12(7-13)18-11;1-3-11-9(7-14)8-15-13-5-4-10(16-2)6-12(11)13/h1,4-5,11-13,17-18H,2-3,6-9H2,(H,19,20);4-6,8H,3H2,1-2H3. The molecule has 2 atom stereocenters. The van der Waals surface area contributed by atoms with Gasteiger partial charge in [-0.15, -0.1) is 11.8 Å². The molecule has 7 nitrogen and oxygen atoms in total. The number of hydrogen-bond donors (Lipinski definition) is 3. The van der Waals surface area contributed by atoms with E-state index < -0.39 is 0 Å². The Labute approximate surface area is 222 Å². The van der Waals surface area contributed by atoms with Crippen LogP contribution in [0.2, 0.25) is 0 Å². The quantitative estimate of drug-likeness (QED) is 0.450. The van der Waals surface area contributed by atoms with E-state index in [-0.39, 0.29) is 5.91 Å². The number of methoxy groups -OCH3 is 1. The van der Waals surface area contributed by atoms with E-state index in [4.69, 9.17) is 10.00 Å². The van der Waals surface area contributed by atoms with Gasteiger partial charge in [0.05, 0.1) is 29.6 Å². The van der Waals surface area contributed by atoms with E-state index in [2.05, 4.69) is 45.2 Å². The number of rotatable bonds is 5. The van der Waals surface area contributed by atoms with Gasteiger partial charge >= 0.3 is 0 Å². The summed E-state index contributed by atoms with van der Waals surface area (Å²) in [6.45, 7) is 2.92. The zero-order valence-corrected chi connectivity index (χ0v) is 22.2. The van der Waals surface area contributed by atoms with E-state index in [1.807, 2.05) is 25.1 Å². The summed E-state index contributed by atoms with van der Waals surface area (Å²) in [7, 11) is 1.63. The molecule has 37 heavy (non-hydrogen) atoms. The van der Waals surface area contributed by atoms with Crippen molar-refractivity contribution in [3.05, 3.63) is 59.3 Å². The molecule has 3 N–H and O–H groups in total. The molecule has 3 aromatic rings. The molecule has 192 valence electrons. The first kappa shape index (κ1) is 25.5. The third kappa shape index (κ3) is 5.90. The fourth-order valence-corrected chi connectivity index (χ4v) is 6.35. The van der Waals surface area contributed by atoms with Gasteiger partial charge in [-0.2, -0.15) is 5.26 Å². The number of benzene rings is 2. The van der Waals surface area contributed by atoms with Gasteiger partial charge in [0, 0.05) is 41.1 Å². The van der Waals surface area contributed by atoms with Crippen LogP contribution in [0.3, 0.4) is 0 Å². The molecule has 6 rings (SSSR count). The average molecular weight is 516 g/mol. The van der Waals surface area contributed by atoms with Crippen molar-refractivity contribution in [3.63, 3.8) is 0 Å². The number of aryl methyl sites for hydroxylation is 1. The summed E-state index contributed by atoms with van der Waals surface area (Å²) in [4.78, 5) is 16.9. The molecule has 2 fully saturated rings. The minimum absolute atomic E-state index is 0.104. The maximum Gasteiger partial charge on any atom is 0.234 e. The molecule has 4 heterocycles. The van der Waals surface area contributed by atoms with Crippen molar-refractivity contribution < 1.29 is 9.53 Å². The summed E-state index contributed by atoms with van der Waals surface area (Å²) < 4.78 is 5.18. The number of amides is 1. The second-order valence-electron chi connectivity index (χ2n) is 9.85. The molecule has 0 aliphatic carbocycles. The molecule has 0 spiro atoms. The number of hydrogen-bond acceptors (Lipinski definition) is 7. The van der Waals surface area contributed by atoms with Crippen LogP contribution in [0.1, 0.15) is 49.3 Å². The number of pyridine rings is 1. The van der Waals surface area contributed by atoms with Crippen LogP contribution in [-0.4, -0.2) is 41.9 Å². The SMILES string of the molecule is CCc1c(C#N)cnc2ccc(OC)cc12.O=C1CSc2ccc(CNC3CC4CCC(C3)N4)cc2N1. The second kappa shape index (κ2) is 11.5. The molecule has 0 saturated carbocycles. The molecule has 0 radical (unpaired) electrons. The lowest BCUT2D eigenvalue weighted by Gasteiger charge is -2.30. The van der Waals surface area contributed by atoms with Crippen LogP contribution in [0.4, 0.5) is 5.69 Å². The molecule has 3 aliphatic heterocycles. The van der Waals surface area contributed by atoms with Crippen molar-refractivity contribution in [1.82, 2.24) is 15.6 Å². The van der Waals surface area contributed by atoms with Crippen molar-refractivity contribution >= 4 is 34.3 Å². The molecular formula is C29H33N5O2S. The predicted octanol–water partition coefficient (Wildman–Crippen LogP) is 4.78. The molecule has 2 bridgehead atoms. The van der Waals surface area contributed by atoms with Gasteiger partial charge in [0.2, 0.25) is 5.91 Å². The largest absolute Gasteiger partial charge is 0.497 e. The van der Waals surface area contributed by atoms with Gasteiger partial charge < -0.3 is 20.7 Å². The van der Waals surface area contributed by atoms with E-state index in [0.29, 0.717) is 17.4 Å². The molecule has 1 amide bonds. The zero-order chi connectivity index (χ0) is 25.8. The molecular weight excluding hydrogens is 482 g/mol. The fourth-order valence-electron chi connectivity index (χ4n) is 5.56. The zero-order valence-electron chi connectivity index (χ0n) is 21.3. The highest BCUT2D eigenvalue weighted by Crippen LogP contribution is 2.32. The molecule has 8 heteroatoms. The number of nitrogens with one attached hydrogen (secondary N) is 3. The molecule has 2 aromatic carbocycles. The third-order valence-corrected chi connectivity index (χ3v) is 8.48.